The van der Waals surface area contributed by atoms with Crippen LogP contribution >= 0.6 is 0 Å². The van der Waals surface area contributed by atoms with E-state index in [0.717, 1.165) is 17.2 Å². The van der Waals surface area contributed by atoms with E-state index < -0.39 is 0 Å². The summed E-state index contributed by atoms with van der Waals surface area (Å²) in [5, 5.41) is 0. The van der Waals surface area contributed by atoms with Gasteiger partial charge in [-0.3, -0.25) is 4.98 Å². The van der Waals surface area contributed by atoms with Crippen LogP contribution in [0.4, 0.5) is 5.82 Å². The van der Waals surface area contributed by atoms with Gasteiger partial charge in [-0.2, -0.15) is 0 Å². The summed E-state index contributed by atoms with van der Waals surface area (Å²) in [5.41, 5.74) is 6.17. The van der Waals surface area contributed by atoms with Gasteiger partial charge in [0.05, 0.1) is 25.2 Å². The minimum Gasteiger partial charge on any atom is -0.497 e. The predicted octanol–water partition coefficient (Wildman–Crippen LogP) is 1.65. The molecule has 0 unspecified atom stereocenters. The SMILES string of the molecule is COc1ccc(OCc2cnc(N)cn2)cc1. The van der Waals surface area contributed by atoms with Gasteiger partial charge in [-0.25, -0.2) is 4.98 Å². The molecule has 0 spiro atoms. The van der Waals surface area contributed by atoms with Crippen LogP contribution in [0.5, 0.6) is 11.5 Å². The molecule has 1 heterocycles. The van der Waals surface area contributed by atoms with Crippen LogP contribution in [0.15, 0.2) is 36.7 Å². The quantitative estimate of drug-likeness (QED) is 0.866. The summed E-state index contributed by atoms with van der Waals surface area (Å²) in [6.07, 6.45) is 3.10. The average Bonchev–Trinajstić information content (AvgIpc) is 2.39. The Morgan fingerprint density at radius 2 is 1.76 bits per heavy atom. The molecule has 0 aliphatic carbocycles. The molecule has 0 fully saturated rings. The first-order chi connectivity index (χ1) is 8.28. The monoisotopic (exact) mass is 231 g/mol. The first-order valence-corrected chi connectivity index (χ1v) is 5.11. The van der Waals surface area contributed by atoms with E-state index >= 15 is 0 Å². The molecule has 5 nitrogen and oxygen atoms in total. The van der Waals surface area contributed by atoms with Gasteiger partial charge in [-0.05, 0) is 24.3 Å². The van der Waals surface area contributed by atoms with E-state index in [-0.39, 0.29) is 0 Å². The number of nitrogens with zero attached hydrogens (tertiary/aromatic N) is 2. The fourth-order valence-electron chi connectivity index (χ4n) is 1.27. The maximum atomic E-state index is 5.53. The van der Waals surface area contributed by atoms with Crippen LogP contribution in [0.2, 0.25) is 0 Å². The lowest BCUT2D eigenvalue weighted by Gasteiger charge is -2.06. The van der Waals surface area contributed by atoms with Crippen molar-refractivity contribution >= 4 is 5.82 Å². The summed E-state index contributed by atoms with van der Waals surface area (Å²) in [6.45, 7) is 0.361. The van der Waals surface area contributed by atoms with Crippen LogP contribution in [0.3, 0.4) is 0 Å². The van der Waals surface area contributed by atoms with Gasteiger partial charge in [0.1, 0.15) is 23.9 Å². The van der Waals surface area contributed by atoms with Gasteiger partial charge in [0.15, 0.2) is 0 Å². The lowest BCUT2D eigenvalue weighted by atomic mass is 10.3. The van der Waals surface area contributed by atoms with E-state index in [2.05, 4.69) is 9.97 Å². The third-order valence-corrected chi connectivity index (χ3v) is 2.17. The van der Waals surface area contributed by atoms with Gasteiger partial charge in [-0.1, -0.05) is 0 Å². The molecule has 0 aliphatic rings. The van der Waals surface area contributed by atoms with Crippen molar-refractivity contribution in [2.45, 2.75) is 6.61 Å². The number of aromatic nitrogens is 2. The fraction of sp³-hybridized carbons (Fsp3) is 0.167. The van der Waals surface area contributed by atoms with Crippen molar-refractivity contribution in [1.29, 1.82) is 0 Å². The smallest absolute Gasteiger partial charge is 0.141 e. The molecule has 1 aromatic carbocycles. The molecule has 2 rings (SSSR count). The lowest BCUT2D eigenvalue weighted by molar-refractivity contribution is 0.300. The summed E-state index contributed by atoms with van der Waals surface area (Å²) < 4.78 is 10.6. The van der Waals surface area contributed by atoms with Crippen molar-refractivity contribution < 1.29 is 9.47 Å². The number of nitrogen functional groups attached to an aromatic ring is 1. The van der Waals surface area contributed by atoms with E-state index in [9.17, 15) is 0 Å². The Bertz CT molecular complexity index is 468. The van der Waals surface area contributed by atoms with Crippen LogP contribution in [0.25, 0.3) is 0 Å². The Balaban J connectivity index is 1.95. The van der Waals surface area contributed by atoms with Crippen molar-refractivity contribution in [3.63, 3.8) is 0 Å². The van der Waals surface area contributed by atoms with Crippen molar-refractivity contribution in [2.75, 3.05) is 12.8 Å². The topological polar surface area (TPSA) is 70.3 Å². The van der Waals surface area contributed by atoms with Gasteiger partial charge < -0.3 is 15.2 Å². The summed E-state index contributed by atoms with van der Waals surface area (Å²) in [4.78, 5) is 8.02. The molecular formula is C12H13N3O2. The Hall–Kier alpha value is -2.30. The summed E-state index contributed by atoms with van der Waals surface area (Å²) in [7, 11) is 1.62. The molecule has 1 aromatic heterocycles. The van der Waals surface area contributed by atoms with E-state index in [4.69, 9.17) is 15.2 Å². The standard InChI is InChI=1S/C12H13N3O2/c1-16-10-2-4-11(5-3-10)17-8-9-6-15-12(13)7-14-9/h2-7H,8H2,1H3,(H2,13,15). The average molecular weight is 231 g/mol. The molecule has 5 heteroatoms. The summed E-state index contributed by atoms with van der Waals surface area (Å²) in [6, 6.07) is 7.35. The second kappa shape index (κ2) is 5.16. The summed E-state index contributed by atoms with van der Waals surface area (Å²) in [5.74, 6) is 1.95. The van der Waals surface area contributed by atoms with Gasteiger partial charge in [0, 0.05) is 0 Å². The second-order valence-corrected chi connectivity index (χ2v) is 3.40. The Morgan fingerprint density at radius 1 is 1.06 bits per heavy atom. The van der Waals surface area contributed by atoms with E-state index in [0.29, 0.717) is 12.4 Å². The highest BCUT2D eigenvalue weighted by molar-refractivity contribution is 5.31. The minimum absolute atomic E-state index is 0.361. The van der Waals surface area contributed by atoms with E-state index in [1.165, 1.54) is 6.20 Å². The second-order valence-electron chi connectivity index (χ2n) is 3.40. The van der Waals surface area contributed by atoms with Gasteiger partial charge in [0.25, 0.3) is 0 Å². The number of anilines is 1. The molecule has 0 bridgehead atoms. The van der Waals surface area contributed by atoms with E-state index in [1.54, 1.807) is 13.3 Å². The highest BCUT2D eigenvalue weighted by atomic mass is 16.5. The van der Waals surface area contributed by atoms with Crippen molar-refractivity contribution in [3.05, 3.63) is 42.4 Å². The lowest BCUT2D eigenvalue weighted by Crippen LogP contribution is -2.00. The first kappa shape index (κ1) is 11.2. The van der Waals surface area contributed by atoms with Crippen LogP contribution in [-0.2, 0) is 6.61 Å². The Kier molecular flexibility index (Phi) is 3.40. The normalized spacial score (nSPS) is 9.94. The number of benzene rings is 1. The maximum absolute atomic E-state index is 5.53. The molecule has 88 valence electrons. The highest BCUT2D eigenvalue weighted by Gasteiger charge is 1.98. The zero-order valence-corrected chi connectivity index (χ0v) is 9.46. The molecule has 0 amide bonds. The van der Waals surface area contributed by atoms with Gasteiger partial charge >= 0.3 is 0 Å². The predicted molar refractivity (Wildman–Crippen MR) is 63.8 cm³/mol. The Labute approximate surface area is 99.2 Å². The largest absolute Gasteiger partial charge is 0.497 e. The molecule has 0 saturated heterocycles. The Morgan fingerprint density at radius 3 is 2.35 bits per heavy atom. The molecule has 17 heavy (non-hydrogen) atoms. The maximum Gasteiger partial charge on any atom is 0.141 e. The van der Waals surface area contributed by atoms with Crippen LogP contribution in [0.1, 0.15) is 5.69 Å². The van der Waals surface area contributed by atoms with Gasteiger partial charge in [-0.15, -0.1) is 0 Å². The molecule has 0 saturated carbocycles. The molecule has 2 aromatic rings. The number of hydrogen-bond acceptors (Lipinski definition) is 5. The molecular weight excluding hydrogens is 218 g/mol. The number of methoxy groups -OCH3 is 1. The minimum atomic E-state index is 0.361. The van der Waals surface area contributed by atoms with Crippen LogP contribution < -0.4 is 15.2 Å². The summed E-state index contributed by atoms with van der Waals surface area (Å²) >= 11 is 0. The molecule has 0 atom stereocenters. The van der Waals surface area contributed by atoms with E-state index in [1.807, 2.05) is 24.3 Å². The molecule has 0 radical (unpaired) electrons. The van der Waals surface area contributed by atoms with Crippen molar-refractivity contribution in [3.8, 4) is 11.5 Å². The first-order valence-electron chi connectivity index (χ1n) is 5.11. The number of nitrogens with two attached hydrogens (primary N) is 1. The highest BCUT2D eigenvalue weighted by Crippen LogP contribution is 2.17. The molecule has 0 aliphatic heterocycles. The van der Waals surface area contributed by atoms with Crippen LogP contribution in [-0.4, -0.2) is 17.1 Å². The fourth-order valence-corrected chi connectivity index (χ4v) is 1.27. The van der Waals surface area contributed by atoms with Crippen molar-refractivity contribution in [1.82, 2.24) is 9.97 Å². The zero-order valence-electron chi connectivity index (χ0n) is 9.46. The van der Waals surface area contributed by atoms with Gasteiger partial charge in [0.2, 0.25) is 0 Å². The van der Waals surface area contributed by atoms with Crippen molar-refractivity contribution in [2.24, 2.45) is 0 Å². The third kappa shape index (κ3) is 3.07. The number of hydrogen-bond donors (Lipinski definition) is 1. The number of rotatable bonds is 4. The molecule has 2 N–H and O–H groups in total. The number of ether oxygens (including phenoxy) is 2. The van der Waals surface area contributed by atoms with Crippen LogP contribution in [0, 0.1) is 0 Å². The zero-order chi connectivity index (χ0) is 12.1. The third-order valence-electron chi connectivity index (χ3n) is 2.17.